The van der Waals surface area contributed by atoms with E-state index in [1.54, 1.807) is 43.5 Å². The van der Waals surface area contributed by atoms with Crippen molar-refractivity contribution in [3.63, 3.8) is 0 Å². The molecule has 5 heteroatoms. The minimum Gasteiger partial charge on any atom is -0.495 e. The summed E-state index contributed by atoms with van der Waals surface area (Å²) in [4.78, 5) is 23.4. The van der Waals surface area contributed by atoms with Gasteiger partial charge < -0.3 is 14.8 Å². The first-order valence-electron chi connectivity index (χ1n) is 7.35. The van der Waals surface area contributed by atoms with Gasteiger partial charge in [0.15, 0.2) is 0 Å². The van der Waals surface area contributed by atoms with Gasteiger partial charge in [0.1, 0.15) is 5.75 Å². The number of amides is 1. The van der Waals surface area contributed by atoms with Crippen molar-refractivity contribution in [3.8, 4) is 5.75 Å². The molecule has 2 aromatic carbocycles. The molecule has 2 aromatic rings. The number of benzene rings is 2. The average Bonchev–Trinajstić information content (AvgIpc) is 2.60. The Morgan fingerprint density at radius 3 is 2.38 bits per heavy atom. The van der Waals surface area contributed by atoms with Crippen molar-refractivity contribution in [3.05, 3.63) is 65.2 Å². The Bertz CT molecular complexity index is 763. The van der Waals surface area contributed by atoms with Gasteiger partial charge in [-0.1, -0.05) is 18.2 Å². The van der Waals surface area contributed by atoms with Crippen molar-refractivity contribution in [2.24, 2.45) is 0 Å². The van der Waals surface area contributed by atoms with E-state index in [0.717, 1.165) is 11.1 Å². The molecule has 24 heavy (non-hydrogen) atoms. The van der Waals surface area contributed by atoms with Gasteiger partial charge in [0.25, 0.3) is 0 Å². The molecule has 0 spiro atoms. The summed E-state index contributed by atoms with van der Waals surface area (Å²) < 4.78 is 9.87. The number of hydrogen-bond acceptors (Lipinski definition) is 4. The van der Waals surface area contributed by atoms with E-state index in [1.807, 2.05) is 19.1 Å². The molecule has 2 rings (SSSR count). The van der Waals surface area contributed by atoms with E-state index >= 15 is 0 Å². The topological polar surface area (TPSA) is 64.6 Å². The molecular weight excluding hydrogens is 306 g/mol. The minimum absolute atomic E-state index is 0.268. The van der Waals surface area contributed by atoms with E-state index in [0.29, 0.717) is 17.0 Å². The van der Waals surface area contributed by atoms with Crippen LogP contribution in [0.1, 0.15) is 21.5 Å². The molecule has 124 valence electrons. The van der Waals surface area contributed by atoms with Crippen LogP contribution in [0.25, 0.3) is 6.08 Å². The quantitative estimate of drug-likeness (QED) is 0.675. The molecule has 0 saturated carbocycles. The number of aryl methyl sites for hydroxylation is 1. The summed E-state index contributed by atoms with van der Waals surface area (Å²) in [6.45, 7) is 1.94. The van der Waals surface area contributed by atoms with Crippen LogP contribution < -0.4 is 10.1 Å². The monoisotopic (exact) mass is 325 g/mol. The molecule has 0 fully saturated rings. The molecular formula is C19H19NO4. The molecule has 0 aliphatic carbocycles. The summed E-state index contributed by atoms with van der Waals surface area (Å²) in [5, 5.41) is 2.79. The summed E-state index contributed by atoms with van der Waals surface area (Å²) in [5.41, 5.74) is 2.90. The van der Waals surface area contributed by atoms with E-state index < -0.39 is 5.97 Å². The van der Waals surface area contributed by atoms with Crippen LogP contribution in [0.4, 0.5) is 5.69 Å². The van der Waals surface area contributed by atoms with Crippen molar-refractivity contribution in [2.75, 3.05) is 19.5 Å². The maximum Gasteiger partial charge on any atom is 0.337 e. The summed E-state index contributed by atoms with van der Waals surface area (Å²) in [7, 11) is 2.89. The van der Waals surface area contributed by atoms with Gasteiger partial charge in [0.05, 0.1) is 25.5 Å². The number of carbonyl (C=O) groups is 2. The maximum atomic E-state index is 12.1. The number of rotatable bonds is 5. The molecule has 0 atom stereocenters. The summed E-state index contributed by atoms with van der Waals surface area (Å²) >= 11 is 0. The first kappa shape index (κ1) is 17.3. The van der Waals surface area contributed by atoms with Gasteiger partial charge in [-0.05, 0) is 48.4 Å². The third kappa shape index (κ3) is 4.46. The highest BCUT2D eigenvalue weighted by molar-refractivity contribution is 6.02. The fourth-order valence-electron chi connectivity index (χ4n) is 2.11. The van der Waals surface area contributed by atoms with Crippen LogP contribution in [0.15, 0.2) is 48.5 Å². The molecule has 0 aliphatic heterocycles. The Kier molecular flexibility index (Phi) is 5.73. The first-order chi connectivity index (χ1) is 11.5. The third-order valence-electron chi connectivity index (χ3n) is 3.37. The Hall–Kier alpha value is -3.08. The molecule has 0 saturated heterocycles. The number of nitrogens with one attached hydrogen (secondary N) is 1. The third-order valence-corrected chi connectivity index (χ3v) is 3.37. The summed E-state index contributed by atoms with van der Waals surface area (Å²) in [6, 6.07) is 12.3. The largest absolute Gasteiger partial charge is 0.495 e. The summed E-state index contributed by atoms with van der Waals surface area (Å²) in [6.07, 6.45) is 3.09. The van der Waals surface area contributed by atoms with Crippen LogP contribution in [0.5, 0.6) is 5.75 Å². The van der Waals surface area contributed by atoms with Crippen LogP contribution in [-0.4, -0.2) is 26.1 Å². The zero-order valence-corrected chi connectivity index (χ0v) is 13.8. The normalized spacial score (nSPS) is 10.5. The second-order valence-corrected chi connectivity index (χ2v) is 5.14. The zero-order valence-electron chi connectivity index (χ0n) is 13.8. The Labute approximate surface area is 140 Å². The van der Waals surface area contributed by atoms with Gasteiger partial charge in [0.2, 0.25) is 5.91 Å². The van der Waals surface area contributed by atoms with Crippen molar-refractivity contribution in [2.45, 2.75) is 6.92 Å². The number of hydrogen-bond donors (Lipinski definition) is 1. The van der Waals surface area contributed by atoms with Gasteiger partial charge in [-0.15, -0.1) is 0 Å². The molecule has 0 bridgehead atoms. The summed E-state index contributed by atoms with van der Waals surface area (Å²) in [5.74, 6) is -0.0597. The predicted octanol–water partition coefficient (Wildman–Crippen LogP) is 3.44. The smallest absolute Gasteiger partial charge is 0.337 e. The lowest BCUT2D eigenvalue weighted by molar-refractivity contribution is -0.111. The zero-order chi connectivity index (χ0) is 17.5. The Morgan fingerprint density at radius 1 is 1.04 bits per heavy atom. The van der Waals surface area contributed by atoms with E-state index in [2.05, 4.69) is 10.1 Å². The highest BCUT2D eigenvalue weighted by atomic mass is 16.5. The number of esters is 1. The lowest BCUT2D eigenvalue weighted by Gasteiger charge is -2.09. The fourth-order valence-corrected chi connectivity index (χ4v) is 2.11. The van der Waals surface area contributed by atoms with Crippen molar-refractivity contribution >= 4 is 23.6 Å². The highest BCUT2D eigenvalue weighted by Crippen LogP contribution is 2.25. The Balaban J connectivity index is 2.05. The standard InChI is InChI=1S/C19H19NO4/c1-13-4-10-17(23-2)16(12-13)20-18(21)11-7-14-5-8-15(9-6-14)19(22)24-3/h4-12H,1-3H3,(H,20,21). The maximum absolute atomic E-state index is 12.1. The van der Waals surface area contributed by atoms with Crippen LogP contribution in [-0.2, 0) is 9.53 Å². The van der Waals surface area contributed by atoms with E-state index in [9.17, 15) is 9.59 Å². The molecule has 0 heterocycles. The SMILES string of the molecule is COC(=O)c1ccc(C=CC(=O)Nc2cc(C)ccc2OC)cc1. The molecule has 5 nitrogen and oxygen atoms in total. The number of ether oxygens (including phenoxy) is 2. The lowest BCUT2D eigenvalue weighted by atomic mass is 10.1. The molecule has 0 radical (unpaired) electrons. The van der Waals surface area contributed by atoms with E-state index in [-0.39, 0.29) is 5.91 Å². The van der Waals surface area contributed by atoms with Crippen LogP contribution in [0.2, 0.25) is 0 Å². The number of anilines is 1. The van der Waals surface area contributed by atoms with Crippen molar-refractivity contribution < 1.29 is 19.1 Å². The second-order valence-electron chi connectivity index (χ2n) is 5.14. The number of carbonyl (C=O) groups excluding carboxylic acids is 2. The van der Waals surface area contributed by atoms with Gasteiger partial charge in [-0.2, -0.15) is 0 Å². The van der Waals surface area contributed by atoms with Gasteiger partial charge in [0, 0.05) is 6.08 Å². The molecule has 1 N–H and O–H groups in total. The highest BCUT2D eigenvalue weighted by Gasteiger charge is 2.06. The van der Waals surface area contributed by atoms with Crippen LogP contribution >= 0.6 is 0 Å². The lowest BCUT2D eigenvalue weighted by Crippen LogP contribution is -2.09. The average molecular weight is 325 g/mol. The molecule has 0 aromatic heterocycles. The van der Waals surface area contributed by atoms with Crippen molar-refractivity contribution in [1.82, 2.24) is 0 Å². The minimum atomic E-state index is -0.394. The first-order valence-corrected chi connectivity index (χ1v) is 7.35. The van der Waals surface area contributed by atoms with E-state index in [4.69, 9.17) is 4.74 Å². The van der Waals surface area contributed by atoms with Crippen LogP contribution in [0, 0.1) is 6.92 Å². The second kappa shape index (κ2) is 7.97. The van der Waals surface area contributed by atoms with Gasteiger partial charge in [-0.25, -0.2) is 4.79 Å². The molecule has 1 amide bonds. The number of methoxy groups -OCH3 is 2. The molecule has 0 unspecified atom stereocenters. The van der Waals surface area contributed by atoms with Crippen LogP contribution in [0.3, 0.4) is 0 Å². The predicted molar refractivity (Wildman–Crippen MR) is 93.2 cm³/mol. The van der Waals surface area contributed by atoms with E-state index in [1.165, 1.54) is 13.2 Å². The fraction of sp³-hybridized carbons (Fsp3) is 0.158. The Morgan fingerprint density at radius 2 is 1.75 bits per heavy atom. The van der Waals surface area contributed by atoms with Crippen molar-refractivity contribution in [1.29, 1.82) is 0 Å². The van der Waals surface area contributed by atoms with Gasteiger partial charge >= 0.3 is 5.97 Å². The van der Waals surface area contributed by atoms with Gasteiger partial charge in [-0.3, -0.25) is 4.79 Å². The molecule has 0 aliphatic rings.